The standard InChI is InChI=1S/C18H18ClN5/c1-12-14(15-11-13(19)3-4-16(15)22-12)5-8-24-10-7-21-18(24)17-20-6-9-23(17)2/h3-4,6-7,9-11,22H,5,8H2,1-2H3. The Morgan fingerprint density at radius 1 is 1.12 bits per heavy atom. The maximum atomic E-state index is 6.17. The lowest BCUT2D eigenvalue weighted by Crippen LogP contribution is -2.05. The van der Waals surface area contributed by atoms with Crippen molar-refractivity contribution < 1.29 is 0 Å². The lowest BCUT2D eigenvalue weighted by molar-refractivity contribution is 0.695. The van der Waals surface area contributed by atoms with Gasteiger partial charge in [0.2, 0.25) is 0 Å². The third-order valence-corrected chi connectivity index (χ3v) is 4.66. The number of aryl methyl sites for hydroxylation is 4. The van der Waals surface area contributed by atoms with E-state index in [4.69, 9.17) is 11.6 Å². The van der Waals surface area contributed by atoms with E-state index in [9.17, 15) is 0 Å². The van der Waals surface area contributed by atoms with Crippen molar-refractivity contribution in [3.8, 4) is 11.6 Å². The van der Waals surface area contributed by atoms with Crippen molar-refractivity contribution in [2.45, 2.75) is 19.9 Å². The Morgan fingerprint density at radius 2 is 1.92 bits per heavy atom. The van der Waals surface area contributed by atoms with Crippen LogP contribution in [-0.2, 0) is 20.0 Å². The highest BCUT2D eigenvalue weighted by Gasteiger charge is 2.13. The van der Waals surface area contributed by atoms with Crippen LogP contribution in [0.5, 0.6) is 0 Å². The SMILES string of the molecule is Cc1[nH]c2ccc(Cl)cc2c1CCn1ccnc1-c1nccn1C. The van der Waals surface area contributed by atoms with Crippen LogP contribution in [-0.4, -0.2) is 24.1 Å². The van der Waals surface area contributed by atoms with Gasteiger partial charge in [0.25, 0.3) is 0 Å². The predicted octanol–water partition coefficient (Wildman–Crippen LogP) is 3.97. The predicted molar refractivity (Wildman–Crippen MR) is 96.2 cm³/mol. The van der Waals surface area contributed by atoms with Crippen LogP contribution in [0.15, 0.2) is 43.0 Å². The smallest absolute Gasteiger partial charge is 0.176 e. The quantitative estimate of drug-likeness (QED) is 0.611. The molecule has 0 aliphatic carbocycles. The topological polar surface area (TPSA) is 51.4 Å². The molecule has 3 heterocycles. The summed E-state index contributed by atoms with van der Waals surface area (Å²) >= 11 is 6.17. The fourth-order valence-electron chi connectivity index (χ4n) is 3.19. The lowest BCUT2D eigenvalue weighted by atomic mass is 10.1. The van der Waals surface area contributed by atoms with Crippen LogP contribution in [0.3, 0.4) is 0 Å². The molecule has 0 aliphatic rings. The summed E-state index contributed by atoms with van der Waals surface area (Å²) in [5.41, 5.74) is 3.61. The number of aromatic nitrogens is 5. The molecule has 24 heavy (non-hydrogen) atoms. The average Bonchev–Trinajstić information content (AvgIpc) is 3.24. The van der Waals surface area contributed by atoms with Crippen molar-refractivity contribution >= 4 is 22.5 Å². The van der Waals surface area contributed by atoms with Crippen molar-refractivity contribution in [2.75, 3.05) is 0 Å². The number of nitrogens with one attached hydrogen (secondary N) is 1. The third-order valence-electron chi connectivity index (χ3n) is 4.42. The van der Waals surface area contributed by atoms with Gasteiger partial charge in [0.15, 0.2) is 11.6 Å². The first-order valence-electron chi connectivity index (χ1n) is 7.89. The molecule has 4 rings (SSSR count). The van der Waals surface area contributed by atoms with Crippen molar-refractivity contribution in [2.24, 2.45) is 7.05 Å². The Morgan fingerprint density at radius 3 is 2.71 bits per heavy atom. The molecular formula is C18H18ClN5. The number of H-pyrrole nitrogens is 1. The Balaban J connectivity index is 1.65. The Labute approximate surface area is 144 Å². The number of nitrogens with zero attached hydrogens (tertiary/aromatic N) is 4. The number of benzene rings is 1. The van der Waals surface area contributed by atoms with Gasteiger partial charge in [-0.3, -0.25) is 0 Å². The van der Waals surface area contributed by atoms with E-state index in [1.807, 2.05) is 48.4 Å². The second-order valence-electron chi connectivity index (χ2n) is 5.97. The lowest BCUT2D eigenvalue weighted by Gasteiger charge is -2.08. The molecule has 122 valence electrons. The summed E-state index contributed by atoms with van der Waals surface area (Å²) in [5, 5.41) is 1.96. The molecule has 0 spiro atoms. The molecule has 0 amide bonds. The molecule has 0 radical (unpaired) electrons. The highest BCUT2D eigenvalue weighted by Crippen LogP contribution is 2.26. The number of imidazole rings is 2. The number of fused-ring (bicyclic) bond motifs is 1. The van der Waals surface area contributed by atoms with E-state index in [2.05, 4.69) is 26.4 Å². The highest BCUT2D eigenvalue weighted by molar-refractivity contribution is 6.31. The maximum absolute atomic E-state index is 6.17. The van der Waals surface area contributed by atoms with E-state index in [1.54, 1.807) is 6.20 Å². The summed E-state index contributed by atoms with van der Waals surface area (Å²) < 4.78 is 4.13. The first-order valence-corrected chi connectivity index (χ1v) is 8.27. The van der Waals surface area contributed by atoms with E-state index in [0.29, 0.717) is 0 Å². The molecular weight excluding hydrogens is 322 g/mol. The van der Waals surface area contributed by atoms with E-state index in [-0.39, 0.29) is 0 Å². The van der Waals surface area contributed by atoms with Gasteiger partial charge in [-0.25, -0.2) is 9.97 Å². The minimum absolute atomic E-state index is 0.763. The molecule has 1 N–H and O–H groups in total. The molecule has 0 saturated carbocycles. The molecule has 0 aliphatic heterocycles. The fraction of sp³-hybridized carbons (Fsp3) is 0.222. The minimum atomic E-state index is 0.763. The maximum Gasteiger partial charge on any atom is 0.176 e. The van der Waals surface area contributed by atoms with Gasteiger partial charge in [0.1, 0.15) is 0 Å². The van der Waals surface area contributed by atoms with E-state index in [1.165, 1.54) is 16.6 Å². The average molecular weight is 340 g/mol. The third kappa shape index (κ3) is 2.51. The van der Waals surface area contributed by atoms with Crippen molar-refractivity contribution in [3.63, 3.8) is 0 Å². The van der Waals surface area contributed by atoms with Gasteiger partial charge < -0.3 is 14.1 Å². The summed E-state index contributed by atoms with van der Waals surface area (Å²) in [7, 11) is 1.98. The largest absolute Gasteiger partial charge is 0.358 e. The molecule has 1 aromatic carbocycles. The second kappa shape index (κ2) is 5.83. The van der Waals surface area contributed by atoms with Crippen LogP contribution in [0.2, 0.25) is 5.02 Å². The van der Waals surface area contributed by atoms with Crippen LogP contribution < -0.4 is 0 Å². The molecule has 0 fully saturated rings. The van der Waals surface area contributed by atoms with Crippen LogP contribution >= 0.6 is 11.6 Å². The monoisotopic (exact) mass is 339 g/mol. The first-order chi connectivity index (χ1) is 11.6. The number of hydrogen-bond donors (Lipinski definition) is 1. The number of aromatic amines is 1. The second-order valence-corrected chi connectivity index (χ2v) is 6.41. The van der Waals surface area contributed by atoms with Gasteiger partial charge in [0.05, 0.1) is 0 Å². The Kier molecular flexibility index (Phi) is 3.65. The molecule has 0 unspecified atom stereocenters. The van der Waals surface area contributed by atoms with Crippen molar-refractivity contribution in [1.82, 2.24) is 24.1 Å². The molecule has 5 nitrogen and oxygen atoms in total. The van der Waals surface area contributed by atoms with Gasteiger partial charge in [-0.2, -0.15) is 0 Å². The van der Waals surface area contributed by atoms with Gasteiger partial charge >= 0.3 is 0 Å². The van der Waals surface area contributed by atoms with Gasteiger partial charge in [0, 0.05) is 60.0 Å². The number of hydrogen-bond acceptors (Lipinski definition) is 2. The Hall–Kier alpha value is -2.53. The van der Waals surface area contributed by atoms with E-state index >= 15 is 0 Å². The Bertz CT molecular complexity index is 1010. The summed E-state index contributed by atoms with van der Waals surface area (Å²) in [6.45, 7) is 2.94. The molecule has 4 aromatic rings. The van der Waals surface area contributed by atoms with Crippen molar-refractivity contribution in [1.29, 1.82) is 0 Å². The van der Waals surface area contributed by atoms with Crippen LogP contribution in [0.4, 0.5) is 0 Å². The fourth-order valence-corrected chi connectivity index (χ4v) is 3.36. The van der Waals surface area contributed by atoms with Crippen LogP contribution in [0, 0.1) is 6.92 Å². The zero-order valence-corrected chi connectivity index (χ0v) is 14.4. The molecule has 0 atom stereocenters. The molecule has 0 saturated heterocycles. The van der Waals surface area contributed by atoms with Crippen molar-refractivity contribution in [3.05, 3.63) is 59.3 Å². The zero-order valence-electron chi connectivity index (χ0n) is 13.6. The van der Waals surface area contributed by atoms with E-state index < -0.39 is 0 Å². The number of rotatable bonds is 4. The first kappa shape index (κ1) is 15.0. The van der Waals surface area contributed by atoms with Crippen LogP contribution in [0.25, 0.3) is 22.6 Å². The number of halogens is 1. The van der Waals surface area contributed by atoms with Gasteiger partial charge in [-0.1, -0.05) is 11.6 Å². The minimum Gasteiger partial charge on any atom is -0.358 e. The van der Waals surface area contributed by atoms with Gasteiger partial charge in [-0.05, 0) is 37.1 Å². The summed E-state index contributed by atoms with van der Waals surface area (Å²) in [6.07, 6.45) is 8.45. The summed E-state index contributed by atoms with van der Waals surface area (Å²) in [5.74, 6) is 1.76. The zero-order chi connectivity index (χ0) is 16.7. The molecule has 3 aromatic heterocycles. The van der Waals surface area contributed by atoms with Gasteiger partial charge in [-0.15, -0.1) is 0 Å². The molecule has 0 bridgehead atoms. The molecule has 6 heteroatoms. The normalized spacial score (nSPS) is 11.5. The highest BCUT2D eigenvalue weighted by atomic mass is 35.5. The summed E-state index contributed by atoms with van der Waals surface area (Å²) in [4.78, 5) is 12.3. The van der Waals surface area contributed by atoms with Crippen LogP contribution in [0.1, 0.15) is 11.3 Å². The van der Waals surface area contributed by atoms with E-state index in [0.717, 1.165) is 35.2 Å². The summed E-state index contributed by atoms with van der Waals surface area (Å²) in [6, 6.07) is 5.98.